The second-order valence-corrected chi connectivity index (χ2v) is 10.8. The zero-order chi connectivity index (χ0) is 30.5. The molecule has 0 bridgehead atoms. The zero-order valence-electron chi connectivity index (χ0n) is 22.8. The fourth-order valence-electron chi connectivity index (χ4n) is 3.95. The number of rotatable bonds is 11. The third-order valence-corrected chi connectivity index (χ3v) is 7.50. The lowest BCUT2D eigenvalue weighted by Gasteiger charge is -2.10. The van der Waals surface area contributed by atoms with Crippen LogP contribution in [0.15, 0.2) is 77.6 Å². The second-order valence-electron chi connectivity index (χ2n) is 9.18. The minimum atomic E-state index is -0.976. The Morgan fingerprint density at radius 1 is 1.09 bits per heavy atom. The van der Waals surface area contributed by atoms with E-state index in [1.54, 1.807) is 12.1 Å². The number of benzene rings is 3. The van der Waals surface area contributed by atoms with Crippen molar-refractivity contribution >= 4 is 48.4 Å². The van der Waals surface area contributed by atoms with Crippen LogP contribution in [0, 0.1) is 11.6 Å². The van der Waals surface area contributed by atoms with E-state index in [0.29, 0.717) is 34.2 Å². The average molecular weight is 622 g/mol. The van der Waals surface area contributed by atoms with Gasteiger partial charge in [0, 0.05) is 18.2 Å². The number of carbonyl (C=O) groups is 1. The smallest absolute Gasteiger partial charge is 0.272 e. The van der Waals surface area contributed by atoms with Crippen LogP contribution >= 0.6 is 20.6 Å². The molecule has 1 atom stereocenters. The highest BCUT2D eigenvalue weighted by Gasteiger charge is 2.22. The number of carbonyl (C=O) groups excluding carboxylic acids is 1. The van der Waals surface area contributed by atoms with Crippen molar-refractivity contribution in [1.29, 1.82) is 0 Å². The maximum atomic E-state index is 14.8. The van der Waals surface area contributed by atoms with Gasteiger partial charge in [-0.2, -0.15) is 4.98 Å². The number of nitrogens with zero attached hydrogens (tertiary/aromatic N) is 3. The van der Waals surface area contributed by atoms with Crippen molar-refractivity contribution < 1.29 is 22.8 Å². The minimum absolute atomic E-state index is 0.0140. The molecule has 1 unspecified atom stereocenters. The van der Waals surface area contributed by atoms with Crippen molar-refractivity contribution in [1.82, 2.24) is 20.4 Å². The van der Waals surface area contributed by atoms with Crippen LogP contribution in [0.1, 0.15) is 15.9 Å². The second kappa shape index (κ2) is 13.0. The third-order valence-electron chi connectivity index (χ3n) is 6.14. The van der Waals surface area contributed by atoms with Gasteiger partial charge in [-0.3, -0.25) is 4.79 Å². The van der Waals surface area contributed by atoms with Gasteiger partial charge in [-0.05, 0) is 41.6 Å². The van der Waals surface area contributed by atoms with E-state index in [0.717, 1.165) is 29.1 Å². The highest BCUT2D eigenvalue weighted by molar-refractivity contribution is 7.27. The molecule has 43 heavy (non-hydrogen) atoms. The first kappa shape index (κ1) is 29.6. The molecule has 5 rings (SSSR count). The Hall–Kier alpha value is -4.87. The predicted octanol–water partition coefficient (Wildman–Crippen LogP) is 5.20. The van der Waals surface area contributed by atoms with Gasteiger partial charge >= 0.3 is 0 Å². The Morgan fingerprint density at radius 2 is 1.88 bits per heavy atom. The number of amides is 1. The zero-order valence-corrected chi connectivity index (χ0v) is 24.8. The first-order valence-electron chi connectivity index (χ1n) is 12.8. The van der Waals surface area contributed by atoms with Crippen LogP contribution in [0.2, 0.25) is 0 Å². The van der Waals surface area contributed by atoms with E-state index >= 15 is 0 Å². The van der Waals surface area contributed by atoms with Crippen molar-refractivity contribution in [3.8, 4) is 27.9 Å². The fraction of sp³-hybridized carbons (Fsp3) is 0.103. The Kier molecular flexibility index (Phi) is 8.93. The van der Waals surface area contributed by atoms with Crippen molar-refractivity contribution in [2.45, 2.75) is 6.42 Å². The van der Waals surface area contributed by atoms with Gasteiger partial charge in [0.05, 0.1) is 24.2 Å². The lowest BCUT2D eigenvalue weighted by Crippen LogP contribution is -2.21. The summed E-state index contributed by atoms with van der Waals surface area (Å²) in [6.45, 7) is 4.61. The number of aromatic nitrogens is 3. The number of thiazole rings is 1. The molecule has 0 aliphatic heterocycles. The number of anilines is 3. The minimum Gasteiger partial charge on any atom is -0.497 e. The van der Waals surface area contributed by atoms with E-state index in [-0.39, 0.29) is 34.3 Å². The van der Waals surface area contributed by atoms with Crippen LogP contribution in [0.3, 0.4) is 0 Å². The molecule has 5 N–H and O–H groups in total. The summed E-state index contributed by atoms with van der Waals surface area (Å²) in [5.74, 6) is -1.65. The van der Waals surface area contributed by atoms with E-state index in [1.165, 1.54) is 24.8 Å². The lowest BCUT2D eigenvalue weighted by molar-refractivity contribution is 0.102. The van der Waals surface area contributed by atoms with Crippen molar-refractivity contribution in [3.63, 3.8) is 0 Å². The first-order chi connectivity index (χ1) is 20.7. The van der Waals surface area contributed by atoms with Crippen LogP contribution in [0.25, 0.3) is 22.2 Å². The largest absolute Gasteiger partial charge is 0.497 e. The summed E-state index contributed by atoms with van der Waals surface area (Å²) >= 11 is 1.13. The topological polar surface area (TPSA) is 140 Å². The van der Waals surface area contributed by atoms with Gasteiger partial charge in [0.25, 0.3) is 11.8 Å². The Labute approximate surface area is 251 Å². The first-order valence-corrected chi connectivity index (χ1v) is 14.2. The molecule has 0 aliphatic rings. The number of nitrogens with one attached hydrogen (secondary N) is 3. The molecular formula is C29H26F2N7O3PS. The molecule has 3 aromatic carbocycles. The molecule has 0 aliphatic carbocycles. The average Bonchev–Trinajstić information content (AvgIpc) is 3.61. The lowest BCUT2D eigenvalue weighted by atomic mass is 10.1. The number of hydrogen-bond donors (Lipinski definition) is 4. The molecule has 10 nitrogen and oxygen atoms in total. The van der Waals surface area contributed by atoms with E-state index in [4.69, 9.17) is 15.0 Å². The quantitative estimate of drug-likeness (QED) is 0.147. The highest BCUT2D eigenvalue weighted by atomic mass is 32.1. The van der Waals surface area contributed by atoms with Gasteiger partial charge in [-0.25, -0.2) is 13.8 Å². The van der Waals surface area contributed by atoms with Crippen LogP contribution in [0.5, 0.6) is 5.75 Å². The van der Waals surface area contributed by atoms with Gasteiger partial charge < -0.3 is 30.9 Å². The normalized spacial score (nSPS) is 10.8. The summed E-state index contributed by atoms with van der Waals surface area (Å²) in [4.78, 5) is 21.6. The Balaban J connectivity index is 1.27. The summed E-state index contributed by atoms with van der Waals surface area (Å²) in [6.07, 6.45) is 0.800. The molecular weight excluding hydrogens is 595 g/mol. The summed E-state index contributed by atoms with van der Waals surface area (Å²) in [6, 6.07) is 16.2. The molecule has 0 radical (unpaired) electrons. The van der Waals surface area contributed by atoms with Gasteiger partial charge in [0.15, 0.2) is 5.13 Å². The molecule has 5 aromatic rings. The molecule has 2 aromatic heterocycles. The number of ether oxygens (including phenoxy) is 1. The van der Waals surface area contributed by atoms with Crippen LogP contribution in [-0.2, 0) is 6.42 Å². The third kappa shape index (κ3) is 7.14. The van der Waals surface area contributed by atoms with E-state index in [2.05, 4.69) is 59.0 Å². The number of halogens is 2. The van der Waals surface area contributed by atoms with Gasteiger partial charge in [0.1, 0.15) is 28.1 Å². The van der Waals surface area contributed by atoms with E-state index in [1.807, 2.05) is 12.1 Å². The monoisotopic (exact) mass is 621 g/mol. The maximum absolute atomic E-state index is 14.8. The molecule has 0 spiro atoms. The molecule has 14 heteroatoms. The van der Waals surface area contributed by atoms with Crippen LogP contribution in [0.4, 0.5) is 25.4 Å². The summed E-state index contributed by atoms with van der Waals surface area (Å²) < 4.78 is 39.8. The summed E-state index contributed by atoms with van der Waals surface area (Å²) in [5, 5.41) is 14.1. The fourth-order valence-corrected chi connectivity index (χ4v) is 4.98. The molecule has 0 saturated carbocycles. The molecule has 1 amide bonds. The number of nitrogen functional groups attached to an aromatic ring is 1. The number of methoxy groups -OCH3 is 1. The standard InChI is InChI=1S/C29H26F2N7O3PS/c1-15(33-11-10-16-6-8-19(42)9-7-16)34-29-36-25(32)24(43-29)28-37-26(38-41-28)20-13-23(22(31)14-21(20)30)35-27(39)17-4-3-5-18(12-17)40-2/h3-9,12-14,33H,1,10-11,32,42H2,2H3,(H,34,36)(H,35,39). The van der Waals surface area contributed by atoms with Crippen molar-refractivity contribution in [2.75, 3.05) is 30.0 Å². The molecule has 2 heterocycles. The Morgan fingerprint density at radius 3 is 2.65 bits per heavy atom. The highest BCUT2D eigenvalue weighted by Crippen LogP contribution is 2.36. The van der Waals surface area contributed by atoms with Gasteiger partial charge in [0.2, 0.25) is 5.82 Å². The van der Waals surface area contributed by atoms with Crippen LogP contribution < -0.4 is 31.7 Å². The summed E-state index contributed by atoms with van der Waals surface area (Å²) in [5.41, 5.74) is 7.03. The van der Waals surface area contributed by atoms with E-state index < -0.39 is 17.5 Å². The molecule has 0 fully saturated rings. The van der Waals surface area contributed by atoms with Crippen molar-refractivity contribution in [2.24, 2.45) is 0 Å². The maximum Gasteiger partial charge on any atom is 0.272 e. The summed E-state index contributed by atoms with van der Waals surface area (Å²) in [7, 11) is 4.11. The predicted molar refractivity (Wildman–Crippen MR) is 166 cm³/mol. The molecule has 0 saturated heterocycles. The van der Waals surface area contributed by atoms with Gasteiger partial charge in [-0.1, -0.05) is 53.4 Å². The molecule has 220 valence electrons. The number of nitrogens with two attached hydrogens (primary N) is 1. The number of hydrogen-bond acceptors (Lipinski definition) is 10. The SMILES string of the molecule is C=C(NCCc1ccc(P)cc1)Nc1nc(N)c(-c2nc(-c3cc(NC(=O)c4cccc(OC)c4)c(F)cc3F)no2)s1. The van der Waals surface area contributed by atoms with Crippen molar-refractivity contribution in [3.05, 3.63) is 95.8 Å². The Bertz CT molecular complexity index is 1790. The van der Waals surface area contributed by atoms with E-state index in [9.17, 15) is 13.6 Å². The van der Waals surface area contributed by atoms with Gasteiger partial charge in [-0.15, -0.1) is 9.24 Å². The van der Waals surface area contributed by atoms with Crippen LogP contribution in [-0.4, -0.2) is 34.7 Å².